The highest BCUT2D eigenvalue weighted by Gasteiger charge is 2.35. The van der Waals surface area contributed by atoms with Gasteiger partial charge in [-0.3, -0.25) is 9.59 Å². The maximum Gasteiger partial charge on any atom is 0.354 e. The van der Waals surface area contributed by atoms with Crippen LogP contribution in [0.15, 0.2) is 0 Å². The number of esters is 1. The van der Waals surface area contributed by atoms with E-state index < -0.39 is 5.97 Å². The van der Waals surface area contributed by atoms with Crippen LogP contribution in [-0.4, -0.2) is 47.3 Å². The minimum Gasteiger partial charge on any atom is -0.464 e. The van der Waals surface area contributed by atoms with Gasteiger partial charge in [-0.05, 0) is 44.6 Å². The molecule has 1 aromatic rings. The van der Waals surface area contributed by atoms with Crippen molar-refractivity contribution in [3.63, 3.8) is 0 Å². The Hall–Kier alpha value is -2.11. The van der Waals surface area contributed by atoms with Crippen molar-refractivity contribution in [3.05, 3.63) is 22.5 Å². The number of nitrogens with zero attached hydrogens (tertiary/aromatic N) is 2. The lowest BCUT2D eigenvalue weighted by Gasteiger charge is -2.23. The smallest absolute Gasteiger partial charge is 0.354 e. The molecule has 2 rings (SSSR count). The van der Waals surface area contributed by atoms with Crippen LogP contribution in [-0.2, 0) is 16.6 Å². The predicted octanol–water partition coefficient (Wildman–Crippen LogP) is 2.90. The zero-order chi connectivity index (χ0) is 19.6. The lowest BCUT2D eigenvalue weighted by molar-refractivity contribution is -0.132. The van der Waals surface area contributed by atoms with Crippen molar-refractivity contribution in [3.8, 4) is 0 Å². The standard InChI is InChI=1S/C20H30N2O4/c1-12(2)9-10-22(19(24)15-7-8-15)11-16(23)17-13(3)18(20(25)26-6)21(5)14(17)4/h12,15H,7-11H2,1-6H3. The van der Waals surface area contributed by atoms with Crippen molar-refractivity contribution in [1.82, 2.24) is 9.47 Å². The van der Waals surface area contributed by atoms with Crippen molar-refractivity contribution in [2.24, 2.45) is 18.9 Å². The topological polar surface area (TPSA) is 68.6 Å². The van der Waals surface area contributed by atoms with Gasteiger partial charge in [-0.1, -0.05) is 13.8 Å². The Kier molecular flexibility index (Phi) is 6.26. The van der Waals surface area contributed by atoms with Crippen molar-refractivity contribution < 1.29 is 19.1 Å². The number of carbonyl (C=O) groups is 3. The molecule has 0 aliphatic heterocycles. The third-order valence-corrected chi connectivity index (χ3v) is 5.14. The van der Waals surface area contributed by atoms with E-state index in [9.17, 15) is 14.4 Å². The normalized spacial score (nSPS) is 13.8. The van der Waals surface area contributed by atoms with Crippen molar-refractivity contribution in [1.29, 1.82) is 0 Å². The van der Waals surface area contributed by atoms with Crippen LogP contribution >= 0.6 is 0 Å². The van der Waals surface area contributed by atoms with Crippen molar-refractivity contribution >= 4 is 17.7 Å². The monoisotopic (exact) mass is 362 g/mol. The fourth-order valence-electron chi connectivity index (χ4n) is 3.30. The van der Waals surface area contributed by atoms with Gasteiger partial charge in [0.2, 0.25) is 5.91 Å². The van der Waals surface area contributed by atoms with Gasteiger partial charge in [0.05, 0.1) is 13.7 Å². The molecule has 0 aromatic carbocycles. The van der Waals surface area contributed by atoms with E-state index in [2.05, 4.69) is 13.8 Å². The van der Waals surface area contributed by atoms with Crippen LogP contribution in [0.5, 0.6) is 0 Å². The fraction of sp³-hybridized carbons (Fsp3) is 0.650. The number of Topliss-reactive ketones (excluding diaryl/α,β-unsaturated/α-hetero) is 1. The summed E-state index contributed by atoms with van der Waals surface area (Å²) in [7, 11) is 3.07. The highest BCUT2D eigenvalue weighted by atomic mass is 16.5. The van der Waals surface area contributed by atoms with Gasteiger partial charge in [0.1, 0.15) is 5.69 Å². The van der Waals surface area contributed by atoms with Gasteiger partial charge in [0, 0.05) is 30.8 Å². The maximum absolute atomic E-state index is 13.0. The highest BCUT2D eigenvalue weighted by Crippen LogP contribution is 2.31. The molecule has 1 heterocycles. The van der Waals surface area contributed by atoms with Gasteiger partial charge in [-0.2, -0.15) is 0 Å². The molecule has 0 spiro atoms. The number of rotatable bonds is 8. The van der Waals surface area contributed by atoms with Crippen LogP contribution in [0.4, 0.5) is 0 Å². The van der Waals surface area contributed by atoms with E-state index in [1.165, 1.54) is 7.11 Å². The zero-order valence-corrected chi connectivity index (χ0v) is 16.7. The van der Waals surface area contributed by atoms with Crippen LogP contribution in [0.2, 0.25) is 0 Å². The van der Waals surface area contributed by atoms with Crippen LogP contribution < -0.4 is 0 Å². The number of ketones is 1. The summed E-state index contributed by atoms with van der Waals surface area (Å²) in [5.41, 5.74) is 2.24. The number of hydrogen-bond donors (Lipinski definition) is 0. The molecule has 26 heavy (non-hydrogen) atoms. The second-order valence-corrected chi connectivity index (χ2v) is 7.62. The van der Waals surface area contributed by atoms with Gasteiger partial charge >= 0.3 is 5.97 Å². The Bertz CT molecular complexity index is 714. The Morgan fingerprint density at radius 1 is 1.23 bits per heavy atom. The highest BCUT2D eigenvalue weighted by molar-refractivity contribution is 6.04. The first kappa shape index (κ1) is 20.2. The molecule has 6 nitrogen and oxygen atoms in total. The van der Waals surface area contributed by atoms with Gasteiger partial charge in [0.15, 0.2) is 5.78 Å². The maximum atomic E-state index is 13.0. The molecule has 1 aromatic heterocycles. The molecule has 1 aliphatic rings. The molecule has 1 aliphatic carbocycles. The first-order chi connectivity index (χ1) is 12.2. The summed E-state index contributed by atoms with van der Waals surface area (Å²) in [4.78, 5) is 39.3. The second kappa shape index (κ2) is 8.06. The average molecular weight is 362 g/mol. The first-order valence-corrected chi connectivity index (χ1v) is 9.25. The van der Waals surface area contributed by atoms with E-state index in [0.717, 1.165) is 25.0 Å². The number of amides is 1. The van der Waals surface area contributed by atoms with Crippen LogP contribution in [0.25, 0.3) is 0 Å². The molecule has 1 fully saturated rings. The minimum atomic E-state index is -0.460. The molecule has 0 atom stereocenters. The number of methoxy groups -OCH3 is 1. The van der Waals surface area contributed by atoms with Gasteiger partial charge < -0.3 is 14.2 Å². The zero-order valence-electron chi connectivity index (χ0n) is 16.7. The summed E-state index contributed by atoms with van der Waals surface area (Å²) in [6.07, 6.45) is 2.70. The summed E-state index contributed by atoms with van der Waals surface area (Å²) < 4.78 is 6.52. The minimum absolute atomic E-state index is 0.0638. The number of ether oxygens (including phenoxy) is 1. The SMILES string of the molecule is COC(=O)c1c(C)c(C(=O)CN(CCC(C)C)C(=O)C2CC2)c(C)n1C. The Morgan fingerprint density at radius 2 is 1.85 bits per heavy atom. The first-order valence-electron chi connectivity index (χ1n) is 9.25. The Balaban J connectivity index is 2.26. The molecule has 0 saturated heterocycles. The van der Waals surface area contributed by atoms with Gasteiger partial charge in [-0.15, -0.1) is 0 Å². The molecule has 0 unspecified atom stereocenters. The van der Waals surface area contributed by atoms with E-state index in [1.807, 2.05) is 6.92 Å². The molecule has 1 amide bonds. The fourth-order valence-corrected chi connectivity index (χ4v) is 3.30. The van der Waals surface area contributed by atoms with Crippen LogP contribution in [0.3, 0.4) is 0 Å². The molecule has 0 N–H and O–H groups in total. The lowest BCUT2D eigenvalue weighted by atomic mass is 10.0. The average Bonchev–Trinajstić information content (AvgIpc) is 3.39. The van der Waals surface area contributed by atoms with E-state index in [-0.39, 0.29) is 24.2 Å². The van der Waals surface area contributed by atoms with Crippen molar-refractivity contribution in [2.75, 3.05) is 20.2 Å². The Labute approximate surface area is 155 Å². The van der Waals surface area contributed by atoms with Gasteiger partial charge in [-0.25, -0.2) is 4.79 Å². The third-order valence-electron chi connectivity index (χ3n) is 5.14. The molecule has 144 valence electrons. The summed E-state index contributed by atoms with van der Waals surface area (Å²) >= 11 is 0. The molecule has 1 saturated carbocycles. The summed E-state index contributed by atoms with van der Waals surface area (Å²) in [5.74, 6) is 0.0455. The number of carbonyl (C=O) groups excluding carboxylic acids is 3. The second-order valence-electron chi connectivity index (χ2n) is 7.62. The van der Waals surface area contributed by atoms with E-state index in [4.69, 9.17) is 4.74 Å². The molecule has 0 bridgehead atoms. The largest absolute Gasteiger partial charge is 0.464 e. The molecular weight excluding hydrogens is 332 g/mol. The van der Waals surface area contributed by atoms with E-state index in [1.54, 1.807) is 23.4 Å². The molecular formula is C20H30N2O4. The molecule has 0 radical (unpaired) electrons. The molecule has 6 heteroatoms. The van der Waals surface area contributed by atoms with Crippen LogP contribution in [0.1, 0.15) is 65.2 Å². The van der Waals surface area contributed by atoms with Gasteiger partial charge in [0.25, 0.3) is 0 Å². The van der Waals surface area contributed by atoms with Crippen molar-refractivity contribution in [2.45, 2.75) is 47.0 Å². The lowest BCUT2D eigenvalue weighted by Crippen LogP contribution is -2.38. The quantitative estimate of drug-likeness (QED) is 0.527. The number of hydrogen-bond acceptors (Lipinski definition) is 4. The van der Waals surface area contributed by atoms with Crippen LogP contribution in [0, 0.1) is 25.7 Å². The number of aromatic nitrogens is 1. The predicted molar refractivity (Wildman–Crippen MR) is 99.3 cm³/mol. The summed E-state index contributed by atoms with van der Waals surface area (Å²) in [6, 6.07) is 0. The third kappa shape index (κ3) is 4.17. The van der Waals surface area contributed by atoms with E-state index >= 15 is 0 Å². The Morgan fingerprint density at radius 3 is 2.35 bits per heavy atom. The van der Waals surface area contributed by atoms with E-state index in [0.29, 0.717) is 29.3 Å². The summed E-state index contributed by atoms with van der Waals surface area (Å²) in [5, 5.41) is 0. The summed E-state index contributed by atoms with van der Waals surface area (Å²) in [6.45, 7) is 8.44.